The van der Waals surface area contributed by atoms with Gasteiger partial charge in [0.15, 0.2) is 6.10 Å². The second kappa shape index (κ2) is 6.48. The predicted molar refractivity (Wildman–Crippen MR) is 76.6 cm³/mol. The van der Waals surface area contributed by atoms with E-state index in [1.54, 1.807) is 19.1 Å². The summed E-state index contributed by atoms with van der Waals surface area (Å²) in [6, 6.07) is 10.1. The average Bonchev–Trinajstić information content (AvgIpc) is 2.45. The van der Waals surface area contributed by atoms with Crippen molar-refractivity contribution in [1.82, 2.24) is 0 Å². The molecular formula is C17H16F2O2. The number of hydrogen-bond donors (Lipinski definition) is 0. The highest BCUT2D eigenvalue weighted by Gasteiger charge is 2.17. The van der Waals surface area contributed by atoms with Gasteiger partial charge in [0.25, 0.3) is 0 Å². The number of ether oxygens (including phenoxy) is 1. The Balaban J connectivity index is 2.11. The van der Waals surface area contributed by atoms with E-state index in [9.17, 15) is 13.6 Å². The number of hydrogen-bond acceptors (Lipinski definition) is 2. The maximum atomic E-state index is 13.1. The number of rotatable bonds is 5. The minimum atomic E-state index is -0.821. The zero-order valence-electron chi connectivity index (χ0n) is 11.9. The van der Waals surface area contributed by atoms with E-state index in [4.69, 9.17) is 4.74 Å². The second-order valence-electron chi connectivity index (χ2n) is 4.78. The number of aryl methyl sites for hydroxylation is 1. The van der Waals surface area contributed by atoms with Crippen molar-refractivity contribution in [2.75, 3.05) is 0 Å². The first kappa shape index (κ1) is 15.2. The van der Waals surface area contributed by atoms with Gasteiger partial charge in [0, 0.05) is 23.8 Å². The Hall–Kier alpha value is -2.23. The van der Waals surface area contributed by atoms with Crippen molar-refractivity contribution in [3.05, 3.63) is 65.2 Å². The van der Waals surface area contributed by atoms with Crippen LogP contribution in [0.2, 0.25) is 0 Å². The monoisotopic (exact) mass is 290 g/mol. The Morgan fingerprint density at radius 3 is 2.19 bits per heavy atom. The van der Waals surface area contributed by atoms with Crippen LogP contribution in [0, 0.1) is 11.6 Å². The Labute approximate surface area is 122 Å². The fourth-order valence-electron chi connectivity index (χ4n) is 1.99. The van der Waals surface area contributed by atoms with E-state index in [1.165, 1.54) is 0 Å². The van der Waals surface area contributed by atoms with E-state index in [-0.39, 0.29) is 11.5 Å². The molecule has 0 aliphatic rings. The molecule has 1 unspecified atom stereocenters. The van der Waals surface area contributed by atoms with Gasteiger partial charge in [-0.2, -0.15) is 0 Å². The number of carbonyl (C=O) groups excluding carboxylic acids is 1. The molecular weight excluding hydrogens is 274 g/mol. The molecule has 0 bridgehead atoms. The van der Waals surface area contributed by atoms with Crippen LogP contribution in [0.25, 0.3) is 0 Å². The molecule has 0 radical (unpaired) electrons. The maximum Gasteiger partial charge on any atom is 0.202 e. The molecule has 4 heteroatoms. The van der Waals surface area contributed by atoms with E-state index in [0.29, 0.717) is 5.56 Å². The summed E-state index contributed by atoms with van der Waals surface area (Å²) in [5.74, 6) is -1.71. The van der Waals surface area contributed by atoms with Gasteiger partial charge >= 0.3 is 0 Å². The lowest BCUT2D eigenvalue weighted by molar-refractivity contribution is 0.0817. The summed E-state index contributed by atoms with van der Waals surface area (Å²) in [4.78, 5) is 12.2. The van der Waals surface area contributed by atoms with Crippen molar-refractivity contribution in [3.8, 4) is 5.75 Å². The number of benzene rings is 2. The van der Waals surface area contributed by atoms with Gasteiger partial charge in [0.2, 0.25) is 5.78 Å². The van der Waals surface area contributed by atoms with Gasteiger partial charge in [-0.15, -0.1) is 0 Å². The van der Waals surface area contributed by atoms with Gasteiger partial charge in [0.1, 0.15) is 17.4 Å². The molecule has 0 aromatic heterocycles. The van der Waals surface area contributed by atoms with E-state index < -0.39 is 17.7 Å². The molecule has 2 nitrogen and oxygen atoms in total. The predicted octanol–water partition coefficient (Wildman–Crippen LogP) is 4.18. The standard InChI is InChI=1S/C17H16F2O2/c1-3-12-4-6-13(7-5-12)17(20)11(2)21-16-9-14(18)8-15(19)10-16/h4-11H,3H2,1-2H3. The largest absolute Gasteiger partial charge is 0.482 e. The molecule has 110 valence electrons. The molecule has 0 N–H and O–H groups in total. The summed E-state index contributed by atoms with van der Waals surface area (Å²) < 4.78 is 31.5. The fraction of sp³-hybridized carbons (Fsp3) is 0.235. The second-order valence-corrected chi connectivity index (χ2v) is 4.78. The van der Waals surface area contributed by atoms with Crippen LogP contribution >= 0.6 is 0 Å². The molecule has 2 rings (SSSR count). The van der Waals surface area contributed by atoms with Gasteiger partial charge in [-0.3, -0.25) is 4.79 Å². The third-order valence-electron chi connectivity index (χ3n) is 3.16. The highest BCUT2D eigenvalue weighted by Crippen LogP contribution is 2.18. The lowest BCUT2D eigenvalue weighted by atomic mass is 10.0. The lowest BCUT2D eigenvalue weighted by Crippen LogP contribution is -2.24. The Kier molecular flexibility index (Phi) is 4.68. The summed E-state index contributed by atoms with van der Waals surface area (Å²) in [7, 11) is 0. The highest BCUT2D eigenvalue weighted by molar-refractivity contribution is 5.99. The molecule has 0 heterocycles. The zero-order chi connectivity index (χ0) is 15.4. The molecule has 0 fully saturated rings. The summed E-state index contributed by atoms with van der Waals surface area (Å²) in [6.45, 7) is 3.58. The van der Waals surface area contributed by atoms with Crippen LogP contribution in [0.4, 0.5) is 8.78 Å². The van der Waals surface area contributed by atoms with Crippen LogP contribution < -0.4 is 4.74 Å². The summed E-state index contributed by atoms with van der Waals surface area (Å²) in [6.07, 6.45) is 0.0713. The van der Waals surface area contributed by atoms with Crippen molar-refractivity contribution in [2.45, 2.75) is 26.4 Å². The number of halogens is 2. The molecule has 21 heavy (non-hydrogen) atoms. The topological polar surface area (TPSA) is 26.3 Å². The first-order chi connectivity index (χ1) is 9.99. The Morgan fingerprint density at radius 2 is 1.67 bits per heavy atom. The molecule has 0 aliphatic carbocycles. The maximum absolute atomic E-state index is 13.1. The van der Waals surface area contributed by atoms with E-state index in [1.807, 2.05) is 19.1 Å². The average molecular weight is 290 g/mol. The SMILES string of the molecule is CCc1ccc(C(=O)C(C)Oc2cc(F)cc(F)c2)cc1. The molecule has 0 saturated heterocycles. The van der Waals surface area contributed by atoms with E-state index in [0.717, 1.165) is 30.2 Å². The third-order valence-corrected chi connectivity index (χ3v) is 3.16. The van der Waals surface area contributed by atoms with Gasteiger partial charge in [-0.05, 0) is 18.9 Å². The highest BCUT2D eigenvalue weighted by atomic mass is 19.1. The summed E-state index contributed by atoms with van der Waals surface area (Å²) in [5, 5.41) is 0. The van der Waals surface area contributed by atoms with Crippen molar-refractivity contribution in [2.24, 2.45) is 0 Å². The quantitative estimate of drug-likeness (QED) is 0.772. The van der Waals surface area contributed by atoms with Crippen LogP contribution in [-0.4, -0.2) is 11.9 Å². The number of Topliss-reactive ketones (excluding diaryl/α,β-unsaturated/α-hetero) is 1. The van der Waals surface area contributed by atoms with Gasteiger partial charge in [-0.1, -0.05) is 31.2 Å². The third kappa shape index (κ3) is 3.88. The normalized spacial score (nSPS) is 12.0. The smallest absolute Gasteiger partial charge is 0.202 e. The Bertz CT molecular complexity index is 615. The van der Waals surface area contributed by atoms with E-state index in [2.05, 4.69) is 0 Å². The summed E-state index contributed by atoms with van der Waals surface area (Å²) >= 11 is 0. The van der Waals surface area contributed by atoms with Crippen LogP contribution in [0.3, 0.4) is 0 Å². The van der Waals surface area contributed by atoms with Gasteiger partial charge in [-0.25, -0.2) is 8.78 Å². The number of carbonyl (C=O) groups is 1. The molecule has 0 saturated carbocycles. The van der Waals surface area contributed by atoms with Gasteiger partial charge in [0.05, 0.1) is 0 Å². The van der Waals surface area contributed by atoms with Crippen LogP contribution in [-0.2, 0) is 6.42 Å². The minimum absolute atomic E-state index is 0.00136. The molecule has 0 aliphatic heterocycles. The molecule has 2 aromatic rings. The summed E-state index contributed by atoms with van der Waals surface area (Å²) in [5.41, 5.74) is 1.64. The van der Waals surface area contributed by atoms with Crippen LogP contribution in [0.1, 0.15) is 29.8 Å². The zero-order valence-corrected chi connectivity index (χ0v) is 11.9. The Morgan fingerprint density at radius 1 is 1.10 bits per heavy atom. The minimum Gasteiger partial charge on any atom is -0.482 e. The fourth-order valence-corrected chi connectivity index (χ4v) is 1.99. The van der Waals surface area contributed by atoms with E-state index >= 15 is 0 Å². The van der Waals surface area contributed by atoms with Crippen molar-refractivity contribution < 1.29 is 18.3 Å². The van der Waals surface area contributed by atoms with Crippen molar-refractivity contribution >= 4 is 5.78 Å². The van der Waals surface area contributed by atoms with Crippen LogP contribution in [0.5, 0.6) is 5.75 Å². The van der Waals surface area contributed by atoms with Crippen molar-refractivity contribution in [3.63, 3.8) is 0 Å². The molecule has 2 aromatic carbocycles. The van der Waals surface area contributed by atoms with Crippen molar-refractivity contribution in [1.29, 1.82) is 0 Å². The molecule has 0 amide bonds. The molecule has 0 spiro atoms. The lowest BCUT2D eigenvalue weighted by Gasteiger charge is -2.14. The molecule has 1 atom stereocenters. The first-order valence-corrected chi connectivity index (χ1v) is 6.75. The van der Waals surface area contributed by atoms with Crippen LogP contribution in [0.15, 0.2) is 42.5 Å². The first-order valence-electron chi connectivity index (χ1n) is 6.75. The number of ketones is 1. The van der Waals surface area contributed by atoms with Gasteiger partial charge < -0.3 is 4.74 Å².